The van der Waals surface area contributed by atoms with Crippen molar-refractivity contribution in [2.24, 2.45) is 5.92 Å². The van der Waals surface area contributed by atoms with Gasteiger partial charge in [-0.1, -0.05) is 41.4 Å². The maximum absolute atomic E-state index is 11.5. The Balaban J connectivity index is 2.43. The van der Waals surface area contributed by atoms with Crippen molar-refractivity contribution in [3.05, 3.63) is 33.8 Å². The number of hydrogen-bond donors (Lipinski definition) is 1. The normalized spacial score (nSPS) is 25.5. The van der Waals surface area contributed by atoms with E-state index >= 15 is 0 Å². The van der Waals surface area contributed by atoms with E-state index in [1.165, 1.54) is 0 Å². The first-order valence-corrected chi connectivity index (χ1v) is 6.74. The molecule has 0 radical (unpaired) electrons. The second-order valence-electron chi connectivity index (χ2n) is 4.73. The van der Waals surface area contributed by atoms with Crippen LogP contribution in [0.4, 0.5) is 0 Å². The minimum atomic E-state index is -0.750. The van der Waals surface area contributed by atoms with Gasteiger partial charge in [0.15, 0.2) is 0 Å². The molecule has 0 amide bonds. The van der Waals surface area contributed by atoms with Crippen molar-refractivity contribution < 1.29 is 9.90 Å². The fraction of sp³-hybridized carbons (Fsp3) is 0.429. The van der Waals surface area contributed by atoms with E-state index < -0.39 is 11.4 Å². The Morgan fingerprint density at radius 3 is 2.89 bits per heavy atom. The maximum atomic E-state index is 11.5. The Hall–Kier alpha value is -1.34. The van der Waals surface area contributed by atoms with Crippen molar-refractivity contribution in [1.29, 1.82) is 5.26 Å². The number of carbonyl (C=O) groups is 1. The lowest BCUT2D eigenvalue weighted by atomic mass is 9.91. The zero-order valence-electron chi connectivity index (χ0n) is 10.1. The molecule has 2 unspecified atom stereocenters. The van der Waals surface area contributed by atoms with Crippen molar-refractivity contribution in [2.45, 2.75) is 31.6 Å². The number of nitrogens with zero attached hydrogens (tertiary/aromatic N) is 1. The molecule has 18 heavy (non-hydrogen) atoms. The zero-order valence-corrected chi connectivity index (χ0v) is 11.7. The summed E-state index contributed by atoms with van der Waals surface area (Å²) < 4.78 is 0.863. The Morgan fingerprint density at radius 2 is 2.39 bits per heavy atom. The Morgan fingerprint density at radius 1 is 1.67 bits per heavy atom. The molecule has 4 heteroatoms. The number of benzene rings is 1. The van der Waals surface area contributed by atoms with E-state index in [4.69, 9.17) is 5.26 Å². The van der Waals surface area contributed by atoms with Gasteiger partial charge in [0.1, 0.15) is 0 Å². The second-order valence-corrected chi connectivity index (χ2v) is 5.58. The monoisotopic (exact) mass is 307 g/mol. The highest BCUT2D eigenvalue weighted by molar-refractivity contribution is 9.10. The van der Waals surface area contributed by atoms with Gasteiger partial charge >= 0.3 is 5.97 Å². The van der Waals surface area contributed by atoms with Crippen molar-refractivity contribution in [3.63, 3.8) is 0 Å². The highest BCUT2D eigenvalue weighted by Gasteiger charge is 2.60. The van der Waals surface area contributed by atoms with Crippen LogP contribution < -0.4 is 0 Å². The Kier molecular flexibility index (Phi) is 3.45. The minimum absolute atomic E-state index is 0.214. The maximum Gasteiger partial charge on any atom is 0.314 e. The first kappa shape index (κ1) is 13.1. The first-order valence-electron chi connectivity index (χ1n) is 5.95. The highest BCUT2D eigenvalue weighted by atomic mass is 79.9. The standard InChI is InChI=1S/C14H14BrNO2/c1-2-10-8-14(10,13(17)18)11-3-4-12(15)9(7-11)5-6-16/h3-4,7,10H,2,5,8H2,1H3,(H,17,18). The third kappa shape index (κ3) is 1.93. The van der Waals surface area contributed by atoms with Gasteiger partial charge in [0, 0.05) is 4.47 Å². The molecule has 0 aromatic heterocycles. The summed E-state index contributed by atoms with van der Waals surface area (Å²) in [5, 5.41) is 18.2. The predicted molar refractivity (Wildman–Crippen MR) is 71.2 cm³/mol. The summed E-state index contributed by atoms with van der Waals surface area (Å²) in [6.07, 6.45) is 1.86. The van der Waals surface area contributed by atoms with Crippen LogP contribution in [0.5, 0.6) is 0 Å². The topological polar surface area (TPSA) is 61.1 Å². The first-order chi connectivity index (χ1) is 8.56. The summed E-state index contributed by atoms with van der Waals surface area (Å²) in [4.78, 5) is 11.5. The summed E-state index contributed by atoms with van der Waals surface area (Å²) >= 11 is 3.39. The number of rotatable bonds is 4. The van der Waals surface area contributed by atoms with Gasteiger partial charge in [-0.25, -0.2) is 0 Å². The molecule has 1 saturated carbocycles. The molecule has 0 heterocycles. The summed E-state index contributed by atoms with van der Waals surface area (Å²) in [7, 11) is 0. The van der Waals surface area contributed by atoms with E-state index in [9.17, 15) is 9.90 Å². The lowest BCUT2D eigenvalue weighted by Crippen LogP contribution is -2.22. The van der Waals surface area contributed by atoms with Gasteiger partial charge in [0.25, 0.3) is 0 Å². The largest absolute Gasteiger partial charge is 0.481 e. The molecule has 1 aliphatic rings. The van der Waals surface area contributed by atoms with Crippen LogP contribution in [0.1, 0.15) is 30.9 Å². The number of aliphatic carboxylic acids is 1. The predicted octanol–water partition coefficient (Wildman–Crippen LogP) is 3.27. The molecule has 1 N–H and O–H groups in total. The lowest BCUT2D eigenvalue weighted by Gasteiger charge is -2.14. The van der Waals surface area contributed by atoms with Gasteiger partial charge in [-0.3, -0.25) is 4.79 Å². The third-order valence-corrected chi connectivity index (χ3v) is 4.58. The van der Waals surface area contributed by atoms with Crippen molar-refractivity contribution in [2.75, 3.05) is 0 Å². The van der Waals surface area contributed by atoms with Crippen LogP contribution in [0.3, 0.4) is 0 Å². The quantitative estimate of drug-likeness (QED) is 0.928. The van der Waals surface area contributed by atoms with E-state index in [0.29, 0.717) is 12.8 Å². The van der Waals surface area contributed by atoms with E-state index in [0.717, 1.165) is 22.0 Å². The summed E-state index contributed by atoms with van der Waals surface area (Å²) in [6, 6.07) is 7.66. The summed E-state index contributed by atoms with van der Waals surface area (Å²) in [6.45, 7) is 2.02. The van der Waals surface area contributed by atoms with Gasteiger partial charge < -0.3 is 5.11 Å². The van der Waals surface area contributed by atoms with Crippen LogP contribution in [0.15, 0.2) is 22.7 Å². The number of carboxylic acids is 1. The summed E-state index contributed by atoms with van der Waals surface area (Å²) in [5.74, 6) is -0.536. The van der Waals surface area contributed by atoms with E-state index in [-0.39, 0.29) is 5.92 Å². The SMILES string of the molecule is CCC1CC1(C(=O)O)c1ccc(Br)c(CC#N)c1. The van der Waals surface area contributed by atoms with Crippen LogP contribution in [0.25, 0.3) is 0 Å². The van der Waals surface area contributed by atoms with Crippen molar-refractivity contribution in [3.8, 4) is 6.07 Å². The van der Waals surface area contributed by atoms with Gasteiger partial charge in [-0.15, -0.1) is 0 Å². The molecule has 1 aromatic carbocycles. The van der Waals surface area contributed by atoms with Crippen LogP contribution in [-0.2, 0) is 16.6 Å². The number of nitriles is 1. The highest BCUT2D eigenvalue weighted by Crippen LogP contribution is 2.56. The van der Waals surface area contributed by atoms with Gasteiger partial charge in [0.2, 0.25) is 0 Å². The fourth-order valence-electron chi connectivity index (χ4n) is 2.63. The molecule has 3 nitrogen and oxygen atoms in total. The van der Waals surface area contributed by atoms with Gasteiger partial charge in [-0.2, -0.15) is 5.26 Å². The molecule has 1 aliphatic carbocycles. The fourth-order valence-corrected chi connectivity index (χ4v) is 3.02. The number of halogens is 1. The number of hydrogen-bond acceptors (Lipinski definition) is 2. The molecule has 0 spiro atoms. The molecule has 0 aliphatic heterocycles. The number of carboxylic acid groups (broad SMARTS) is 1. The molecular formula is C14H14BrNO2. The second kappa shape index (κ2) is 4.74. The lowest BCUT2D eigenvalue weighted by molar-refractivity contribution is -0.140. The molecule has 0 bridgehead atoms. The molecule has 0 saturated heterocycles. The Bertz CT molecular complexity index is 535. The van der Waals surface area contributed by atoms with E-state index in [1.807, 2.05) is 25.1 Å². The summed E-state index contributed by atoms with van der Waals surface area (Å²) in [5.41, 5.74) is 0.965. The molecule has 2 atom stereocenters. The zero-order chi connectivity index (χ0) is 13.3. The van der Waals surface area contributed by atoms with E-state index in [2.05, 4.69) is 22.0 Å². The third-order valence-electron chi connectivity index (χ3n) is 3.81. The molecule has 2 rings (SSSR count). The van der Waals surface area contributed by atoms with Gasteiger partial charge in [0.05, 0.1) is 17.9 Å². The Labute approximate surface area is 115 Å². The van der Waals surface area contributed by atoms with Crippen molar-refractivity contribution >= 4 is 21.9 Å². The molecule has 94 valence electrons. The van der Waals surface area contributed by atoms with E-state index in [1.54, 1.807) is 0 Å². The van der Waals surface area contributed by atoms with Crippen LogP contribution >= 0.6 is 15.9 Å². The molecule has 1 aromatic rings. The smallest absolute Gasteiger partial charge is 0.314 e. The molecule has 1 fully saturated rings. The average Bonchev–Trinajstić information content (AvgIpc) is 3.08. The minimum Gasteiger partial charge on any atom is -0.481 e. The van der Waals surface area contributed by atoms with Crippen LogP contribution in [-0.4, -0.2) is 11.1 Å². The van der Waals surface area contributed by atoms with Crippen LogP contribution in [0.2, 0.25) is 0 Å². The molecular weight excluding hydrogens is 294 g/mol. The van der Waals surface area contributed by atoms with Crippen LogP contribution in [0, 0.1) is 17.2 Å². The average molecular weight is 308 g/mol. The van der Waals surface area contributed by atoms with Crippen molar-refractivity contribution in [1.82, 2.24) is 0 Å². The van der Waals surface area contributed by atoms with Gasteiger partial charge in [-0.05, 0) is 29.5 Å².